The molecule has 0 aromatic carbocycles. The van der Waals surface area contributed by atoms with E-state index in [4.69, 9.17) is 6.42 Å². The Hall–Kier alpha value is -0.480. The molecule has 0 saturated heterocycles. The van der Waals surface area contributed by atoms with E-state index in [1.54, 1.807) is 0 Å². The molecule has 0 bridgehead atoms. The summed E-state index contributed by atoms with van der Waals surface area (Å²) in [7, 11) is 0. The van der Waals surface area contributed by atoms with Crippen molar-refractivity contribution in [3.8, 4) is 12.3 Å². The summed E-state index contributed by atoms with van der Waals surface area (Å²) in [5.41, 5.74) is 0. The van der Waals surface area contributed by atoms with Crippen molar-refractivity contribution in [1.29, 1.82) is 0 Å². The quantitative estimate of drug-likeness (QED) is 0.455. The molecule has 1 unspecified atom stereocenters. The highest BCUT2D eigenvalue weighted by Gasteiger charge is 1.97. The summed E-state index contributed by atoms with van der Waals surface area (Å²) in [5, 5.41) is 3.32. The van der Waals surface area contributed by atoms with Crippen LogP contribution < -0.4 is 5.32 Å². The molecule has 0 rings (SSSR count). The lowest BCUT2D eigenvalue weighted by molar-refractivity contribution is 0.559. The van der Waals surface area contributed by atoms with E-state index in [0.717, 1.165) is 13.0 Å². The SMILES string of the molecule is C#CC(CC)NCCCCC. The zero-order chi connectivity index (χ0) is 8.53. The number of unbranched alkanes of at least 4 members (excludes halogenated alkanes) is 2. The molecule has 0 amide bonds. The van der Waals surface area contributed by atoms with Crippen LogP contribution in [-0.2, 0) is 0 Å². The van der Waals surface area contributed by atoms with Crippen molar-refractivity contribution in [2.75, 3.05) is 6.54 Å². The van der Waals surface area contributed by atoms with E-state index in [0.29, 0.717) is 0 Å². The van der Waals surface area contributed by atoms with Gasteiger partial charge in [0.25, 0.3) is 0 Å². The first kappa shape index (κ1) is 10.5. The fourth-order valence-electron chi connectivity index (χ4n) is 0.972. The summed E-state index contributed by atoms with van der Waals surface area (Å²) in [5.74, 6) is 2.72. The number of terminal acetylenes is 1. The van der Waals surface area contributed by atoms with Crippen LogP contribution in [0.2, 0.25) is 0 Å². The van der Waals surface area contributed by atoms with Gasteiger partial charge < -0.3 is 5.32 Å². The maximum Gasteiger partial charge on any atom is 0.0684 e. The van der Waals surface area contributed by atoms with Crippen molar-refractivity contribution >= 4 is 0 Å². The first-order chi connectivity index (χ1) is 5.35. The second-order valence-electron chi connectivity index (χ2n) is 2.79. The molecule has 0 saturated carbocycles. The second-order valence-corrected chi connectivity index (χ2v) is 2.79. The van der Waals surface area contributed by atoms with Gasteiger partial charge in [-0.05, 0) is 19.4 Å². The highest BCUT2D eigenvalue weighted by Crippen LogP contribution is 1.93. The van der Waals surface area contributed by atoms with Crippen LogP contribution in [0.4, 0.5) is 0 Å². The van der Waals surface area contributed by atoms with Gasteiger partial charge in [-0.15, -0.1) is 6.42 Å². The Labute approximate surface area is 70.6 Å². The summed E-state index contributed by atoms with van der Waals surface area (Å²) in [6.45, 7) is 5.38. The van der Waals surface area contributed by atoms with E-state index in [9.17, 15) is 0 Å². The van der Waals surface area contributed by atoms with E-state index in [1.807, 2.05) is 0 Å². The van der Waals surface area contributed by atoms with Gasteiger partial charge in [-0.3, -0.25) is 0 Å². The highest BCUT2D eigenvalue weighted by molar-refractivity contribution is 4.97. The van der Waals surface area contributed by atoms with Crippen molar-refractivity contribution < 1.29 is 0 Å². The third-order valence-electron chi connectivity index (χ3n) is 1.78. The Kier molecular flexibility index (Phi) is 7.29. The molecule has 0 aromatic rings. The molecular formula is C10H19N. The lowest BCUT2D eigenvalue weighted by Crippen LogP contribution is -2.27. The van der Waals surface area contributed by atoms with Crippen molar-refractivity contribution in [3.63, 3.8) is 0 Å². The maximum atomic E-state index is 5.29. The first-order valence-electron chi connectivity index (χ1n) is 4.54. The van der Waals surface area contributed by atoms with E-state index in [2.05, 4.69) is 25.1 Å². The van der Waals surface area contributed by atoms with E-state index in [1.165, 1.54) is 19.3 Å². The van der Waals surface area contributed by atoms with Crippen molar-refractivity contribution in [2.24, 2.45) is 0 Å². The van der Waals surface area contributed by atoms with Crippen LogP contribution in [0.3, 0.4) is 0 Å². The van der Waals surface area contributed by atoms with Crippen LogP contribution in [0.1, 0.15) is 39.5 Å². The molecule has 1 N–H and O–H groups in total. The minimum atomic E-state index is 0.284. The molecule has 1 heteroatoms. The van der Waals surface area contributed by atoms with Gasteiger partial charge in [-0.2, -0.15) is 0 Å². The zero-order valence-electron chi connectivity index (χ0n) is 7.69. The van der Waals surface area contributed by atoms with Crippen molar-refractivity contribution in [2.45, 2.75) is 45.6 Å². The van der Waals surface area contributed by atoms with Gasteiger partial charge in [0.1, 0.15) is 0 Å². The predicted octanol–water partition coefficient (Wildman–Crippen LogP) is 2.18. The maximum absolute atomic E-state index is 5.29. The summed E-state index contributed by atoms with van der Waals surface area (Å²) in [6.07, 6.45) is 10.1. The number of hydrogen-bond donors (Lipinski definition) is 1. The van der Waals surface area contributed by atoms with Gasteiger partial charge in [-0.1, -0.05) is 32.6 Å². The molecule has 0 aromatic heterocycles. The van der Waals surface area contributed by atoms with Gasteiger partial charge >= 0.3 is 0 Å². The van der Waals surface area contributed by atoms with Gasteiger partial charge in [0.05, 0.1) is 6.04 Å². The lowest BCUT2D eigenvalue weighted by Gasteiger charge is -2.09. The van der Waals surface area contributed by atoms with E-state index in [-0.39, 0.29) is 6.04 Å². The smallest absolute Gasteiger partial charge is 0.0684 e. The third-order valence-corrected chi connectivity index (χ3v) is 1.78. The first-order valence-corrected chi connectivity index (χ1v) is 4.54. The lowest BCUT2D eigenvalue weighted by atomic mass is 10.2. The molecule has 0 aliphatic carbocycles. The van der Waals surface area contributed by atoms with E-state index < -0.39 is 0 Å². The largest absolute Gasteiger partial charge is 0.304 e. The Morgan fingerprint density at radius 1 is 1.36 bits per heavy atom. The fourth-order valence-corrected chi connectivity index (χ4v) is 0.972. The zero-order valence-corrected chi connectivity index (χ0v) is 7.69. The highest BCUT2D eigenvalue weighted by atomic mass is 14.9. The van der Waals surface area contributed by atoms with Crippen LogP contribution in [0.25, 0.3) is 0 Å². The van der Waals surface area contributed by atoms with Crippen LogP contribution >= 0.6 is 0 Å². The van der Waals surface area contributed by atoms with E-state index >= 15 is 0 Å². The summed E-state index contributed by atoms with van der Waals surface area (Å²) in [4.78, 5) is 0. The van der Waals surface area contributed by atoms with Crippen molar-refractivity contribution in [3.05, 3.63) is 0 Å². The van der Waals surface area contributed by atoms with Gasteiger partial charge in [0.15, 0.2) is 0 Å². The molecule has 0 fully saturated rings. The molecule has 0 spiro atoms. The Balaban J connectivity index is 3.16. The van der Waals surface area contributed by atoms with Gasteiger partial charge in [-0.25, -0.2) is 0 Å². The van der Waals surface area contributed by atoms with Gasteiger partial charge in [0, 0.05) is 0 Å². The molecular weight excluding hydrogens is 134 g/mol. The molecule has 0 aliphatic heterocycles. The summed E-state index contributed by atoms with van der Waals surface area (Å²) >= 11 is 0. The van der Waals surface area contributed by atoms with Crippen molar-refractivity contribution in [1.82, 2.24) is 5.32 Å². The number of hydrogen-bond acceptors (Lipinski definition) is 1. The minimum Gasteiger partial charge on any atom is -0.304 e. The second kappa shape index (κ2) is 7.63. The predicted molar refractivity (Wildman–Crippen MR) is 50.4 cm³/mol. The topological polar surface area (TPSA) is 12.0 Å². The Morgan fingerprint density at radius 2 is 2.09 bits per heavy atom. The van der Waals surface area contributed by atoms with Gasteiger partial charge in [0.2, 0.25) is 0 Å². The molecule has 1 atom stereocenters. The van der Waals surface area contributed by atoms with Crippen LogP contribution in [-0.4, -0.2) is 12.6 Å². The Bertz CT molecular complexity index is 113. The third kappa shape index (κ3) is 5.94. The molecule has 11 heavy (non-hydrogen) atoms. The van der Waals surface area contributed by atoms with Crippen LogP contribution in [0, 0.1) is 12.3 Å². The minimum absolute atomic E-state index is 0.284. The fraction of sp³-hybridized carbons (Fsp3) is 0.800. The molecule has 0 aliphatic rings. The molecule has 0 radical (unpaired) electrons. The number of rotatable bonds is 6. The summed E-state index contributed by atoms with van der Waals surface area (Å²) < 4.78 is 0. The molecule has 0 heterocycles. The van der Waals surface area contributed by atoms with Crippen LogP contribution in [0.15, 0.2) is 0 Å². The monoisotopic (exact) mass is 153 g/mol. The number of nitrogens with one attached hydrogen (secondary N) is 1. The molecule has 64 valence electrons. The summed E-state index contributed by atoms with van der Waals surface area (Å²) in [6, 6.07) is 0.284. The standard InChI is InChI=1S/C10H19N/c1-4-7-8-9-11-10(5-2)6-3/h2,10-11H,4,6-9H2,1,3H3. The normalized spacial score (nSPS) is 12.5. The molecule has 1 nitrogen and oxygen atoms in total. The average Bonchev–Trinajstić information content (AvgIpc) is 2.05. The average molecular weight is 153 g/mol. The van der Waals surface area contributed by atoms with Crippen LogP contribution in [0.5, 0.6) is 0 Å². The Morgan fingerprint density at radius 3 is 2.55 bits per heavy atom.